The molecule has 0 atom stereocenters. The average molecular weight is 444 g/mol. The molecule has 8 heteroatoms. The molecular formula is C22H23Cl2N5O. The first-order chi connectivity index (χ1) is 14.4. The van der Waals surface area contributed by atoms with Gasteiger partial charge in [0.2, 0.25) is 0 Å². The van der Waals surface area contributed by atoms with E-state index in [9.17, 15) is 4.79 Å². The molecule has 0 radical (unpaired) electrons. The van der Waals surface area contributed by atoms with E-state index in [2.05, 4.69) is 28.8 Å². The smallest absolute Gasteiger partial charge is 0.257 e. The SMILES string of the molecule is CC(C)c1c(C(=O)N2CCN(c3cccc(Cl)n3)CC2)cnn1-c1ccc(Cl)cc1. The minimum atomic E-state index is 0.0117. The second-order valence-electron chi connectivity index (χ2n) is 7.58. The Bertz CT molecular complexity index is 1040. The van der Waals surface area contributed by atoms with Gasteiger partial charge in [-0.3, -0.25) is 4.79 Å². The van der Waals surface area contributed by atoms with Crippen molar-refractivity contribution in [1.82, 2.24) is 19.7 Å². The second kappa shape index (κ2) is 8.66. The summed E-state index contributed by atoms with van der Waals surface area (Å²) in [7, 11) is 0. The maximum Gasteiger partial charge on any atom is 0.257 e. The number of carbonyl (C=O) groups is 1. The van der Waals surface area contributed by atoms with Gasteiger partial charge in [-0.2, -0.15) is 5.10 Å². The van der Waals surface area contributed by atoms with Gasteiger partial charge in [0.15, 0.2) is 0 Å². The van der Waals surface area contributed by atoms with E-state index in [1.54, 1.807) is 12.3 Å². The van der Waals surface area contributed by atoms with Crippen molar-refractivity contribution in [3.63, 3.8) is 0 Å². The Balaban J connectivity index is 1.53. The van der Waals surface area contributed by atoms with Crippen LogP contribution in [0, 0.1) is 0 Å². The van der Waals surface area contributed by atoms with Crippen molar-refractivity contribution >= 4 is 34.9 Å². The van der Waals surface area contributed by atoms with Crippen LogP contribution in [0.4, 0.5) is 5.82 Å². The highest BCUT2D eigenvalue weighted by atomic mass is 35.5. The lowest BCUT2D eigenvalue weighted by molar-refractivity contribution is 0.0745. The maximum atomic E-state index is 13.3. The summed E-state index contributed by atoms with van der Waals surface area (Å²) in [6.07, 6.45) is 1.68. The van der Waals surface area contributed by atoms with E-state index in [0.717, 1.165) is 17.2 Å². The highest BCUT2D eigenvalue weighted by Crippen LogP contribution is 2.26. The molecule has 156 valence electrons. The number of anilines is 1. The Kier molecular flexibility index (Phi) is 5.97. The predicted molar refractivity (Wildman–Crippen MR) is 120 cm³/mol. The van der Waals surface area contributed by atoms with Gasteiger partial charge in [-0.25, -0.2) is 9.67 Å². The zero-order valence-electron chi connectivity index (χ0n) is 16.9. The van der Waals surface area contributed by atoms with Crippen LogP contribution in [0.1, 0.15) is 35.8 Å². The standard InChI is InChI=1S/C22H23Cl2N5O/c1-15(2)21-18(14-25-29(21)17-8-6-16(23)7-9-17)22(30)28-12-10-27(11-13-28)20-5-3-4-19(24)26-20/h3-9,14-15H,10-13H2,1-2H3. The Morgan fingerprint density at radius 1 is 1.00 bits per heavy atom. The van der Waals surface area contributed by atoms with E-state index in [4.69, 9.17) is 23.2 Å². The molecule has 30 heavy (non-hydrogen) atoms. The molecule has 1 amide bonds. The Morgan fingerprint density at radius 2 is 1.70 bits per heavy atom. The molecule has 2 aromatic heterocycles. The van der Waals surface area contributed by atoms with Crippen LogP contribution in [0.15, 0.2) is 48.7 Å². The third-order valence-corrected chi connectivity index (χ3v) is 5.71. The fraction of sp³-hybridized carbons (Fsp3) is 0.318. The average Bonchev–Trinajstić information content (AvgIpc) is 3.19. The monoisotopic (exact) mass is 443 g/mol. The molecule has 1 fully saturated rings. The molecule has 0 saturated carbocycles. The minimum Gasteiger partial charge on any atom is -0.353 e. The summed E-state index contributed by atoms with van der Waals surface area (Å²) in [5.74, 6) is 0.990. The van der Waals surface area contributed by atoms with Gasteiger partial charge in [0.1, 0.15) is 11.0 Å². The van der Waals surface area contributed by atoms with Gasteiger partial charge < -0.3 is 9.80 Å². The first-order valence-corrected chi connectivity index (χ1v) is 10.7. The van der Waals surface area contributed by atoms with Gasteiger partial charge in [-0.15, -0.1) is 0 Å². The second-order valence-corrected chi connectivity index (χ2v) is 8.41. The summed E-state index contributed by atoms with van der Waals surface area (Å²) in [4.78, 5) is 21.7. The number of piperazine rings is 1. The lowest BCUT2D eigenvalue weighted by atomic mass is 10.0. The van der Waals surface area contributed by atoms with Gasteiger partial charge in [-0.05, 0) is 42.3 Å². The van der Waals surface area contributed by atoms with E-state index in [1.165, 1.54) is 0 Å². The van der Waals surface area contributed by atoms with Crippen LogP contribution in [-0.4, -0.2) is 51.8 Å². The summed E-state index contributed by atoms with van der Waals surface area (Å²) in [5.41, 5.74) is 2.44. The molecule has 4 rings (SSSR count). The molecule has 1 aliphatic heterocycles. The molecule has 0 aliphatic carbocycles. The molecule has 0 unspecified atom stereocenters. The fourth-order valence-corrected chi connectivity index (χ4v) is 4.03. The van der Waals surface area contributed by atoms with Gasteiger partial charge in [0.25, 0.3) is 5.91 Å². The molecule has 0 spiro atoms. The van der Waals surface area contributed by atoms with Crippen LogP contribution < -0.4 is 4.90 Å². The Labute approximate surface area is 186 Å². The molecule has 0 bridgehead atoms. The summed E-state index contributed by atoms with van der Waals surface area (Å²) in [5, 5.41) is 5.66. The zero-order valence-corrected chi connectivity index (χ0v) is 18.4. The molecule has 1 saturated heterocycles. The van der Waals surface area contributed by atoms with Crippen LogP contribution in [0.5, 0.6) is 0 Å². The molecule has 1 aromatic carbocycles. The predicted octanol–water partition coefficient (Wildman–Crippen LogP) is 4.66. The fourth-order valence-electron chi connectivity index (χ4n) is 3.75. The normalized spacial score (nSPS) is 14.4. The van der Waals surface area contributed by atoms with Crippen LogP contribution >= 0.6 is 23.2 Å². The maximum absolute atomic E-state index is 13.3. The van der Waals surface area contributed by atoms with Crippen molar-refractivity contribution in [2.45, 2.75) is 19.8 Å². The Hall–Kier alpha value is -2.57. The van der Waals surface area contributed by atoms with Gasteiger partial charge in [-0.1, -0.05) is 43.1 Å². The number of aromatic nitrogens is 3. The summed E-state index contributed by atoms with van der Waals surface area (Å²) in [6, 6.07) is 13.1. The lowest BCUT2D eigenvalue weighted by Crippen LogP contribution is -2.49. The number of benzene rings is 1. The van der Waals surface area contributed by atoms with Gasteiger partial charge in [0.05, 0.1) is 23.1 Å². The van der Waals surface area contributed by atoms with Crippen molar-refractivity contribution in [3.8, 4) is 5.69 Å². The number of pyridine rings is 1. The Morgan fingerprint density at radius 3 is 2.33 bits per heavy atom. The molecule has 3 heterocycles. The van der Waals surface area contributed by atoms with E-state index < -0.39 is 0 Å². The quantitative estimate of drug-likeness (QED) is 0.550. The van der Waals surface area contributed by atoms with Gasteiger partial charge in [0, 0.05) is 31.2 Å². The zero-order chi connectivity index (χ0) is 21.3. The lowest BCUT2D eigenvalue weighted by Gasteiger charge is -2.35. The molecule has 1 aliphatic rings. The van der Waals surface area contributed by atoms with E-state index in [1.807, 2.05) is 46.0 Å². The topological polar surface area (TPSA) is 54.3 Å². The van der Waals surface area contributed by atoms with Crippen LogP contribution in [0.25, 0.3) is 5.69 Å². The van der Waals surface area contributed by atoms with Crippen LogP contribution in [0.2, 0.25) is 10.2 Å². The molecule has 3 aromatic rings. The van der Waals surface area contributed by atoms with Crippen molar-refractivity contribution in [2.24, 2.45) is 0 Å². The van der Waals surface area contributed by atoms with Crippen molar-refractivity contribution < 1.29 is 4.79 Å². The number of hydrogen-bond donors (Lipinski definition) is 0. The largest absolute Gasteiger partial charge is 0.353 e. The minimum absolute atomic E-state index is 0.0117. The van der Waals surface area contributed by atoms with E-state index in [-0.39, 0.29) is 11.8 Å². The van der Waals surface area contributed by atoms with Crippen molar-refractivity contribution in [1.29, 1.82) is 0 Å². The number of rotatable bonds is 4. The first kappa shape index (κ1) is 20.7. The van der Waals surface area contributed by atoms with Crippen molar-refractivity contribution in [2.75, 3.05) is 31.1 Å². The molecule has 0 N–H and O–H groups in total. The number of hydrogen-bond acceptors (Lipinski definition) is 4. The highest BCUT2D eigenvalue weighted by Gasteiger charge is 2.28. The number of halogens is 2. The third kappa shape index (κ3) is 4.16. The van der Waals surface area contributed by atoms with Crippen molar-refractivity contribution in [3.05, 3.63) is 70.1 Å². The van der Waals surface area contributed by atoms with Crippen LogP contribution in [-0.2, 0) is 0 Å². The highest BCUT2D eigenvalue weighted by molar-refractivity contribution is 6.30. The van der Waals surface area contributed by atoms with E-state index in [0.29, 0.717) is 41.9 Å². The first-order valence-electron chi connectivity index (χ1n) is 9.94. The van der Waals surface area contributed by atoms with Gasteiger partial charge >= 0.3 is 0 Å². The molecule has 6 nitrogen and oxygen atoms in total. The number of amides is 1. The number of nitrogens with zero attached hydrogens (tertiary/aromatic N) is 5. The van der Waals surface area contributed by atoms with E-state index >= 15 is 0 Å². The van der Waals surface area contributed by atoms with Crippen LogP contribution in [0.3, 0.4) is 0 Å². The number of carbonyl (C=O) groups excluding carboxylic acids is 1. The summed E-state index contributed by atoms with van der Waals surface area (Å²) < 4.78 is 1.83. The molecular weight excluding hydrogens is 421 g/mol. The summed E-state index contributed by atoms with van der Waals surface area (Å²) in [6.45, 7) is 6.81. The summed E-state index contributed by atoms with van der Waals surface area (Å²) >= 11 is 12.0. The third-order valence-electron chi connectivity index (χ3n) is 5.25.